The predicted molar refractivity (Wildman–Crippen MR) is 131 cm³/mol. The van der Waals surface area contributed by atoms with Gasteiger partial charge in [-0.15, -0.1) is 0 Å². The van der Waals surface area contributed by atoms with Crippen LogP contribution >= 0.6 is 15.9 Å². The number of benzene rings is 3. The Balaban J connectivity index is 1.73. The van der Waals surface area contributed by atoms with Crippen molar-refractivity contribution >= 4 is 27.7 Å². The van der Waals surface area contributed by atoms with Gasteiger partial charge in [0.05, 0.1) is 11.6 Å². The van der Waals surface area contributed by atoms with Gasteiger partial charge in [-0.25, -0.2) is 4.79 Å². The number of esters is 1. The summed E-state index contributed by atoms with van der Waals surface area (Å²) in [6, 6.07) is 27.3. The molecule has 0 saturated heterocycles. The summed E-state index contributed by atoms with van der Waals surface area (Å²) >= 11 is 3.41. The monoisotopic (exact) mass is 515 g/mol. The Bertz CT molecular complexity index is 1260. The molecule has 0 radical (unpaired) electrons. The third kappa shape index (κ3) is 4.66. The molecule has 0 aliphatic heterocycles. The summed E-state index contributed by atoms with van der Waals surface area (Å²) < 4.78 is 6.29. The van der Waals surface area contributed by atoms with E-state index in [4.69, 9.17) is 4.74 Å². The number of nitriles is 1. The van der Waals surface area contributed by atoms with E-state index in [1.165, 1.54) is 0 Å². The highest BCUT2D eigenvalue weighted by Crippen LogP contribution is 2.50. The summed E-state index contributed by atoms with van der Waals surface area (Å²) in [5, 5.41) is 21.3. The van der Waals surface area contributed by atoms with Gasteiger partial charge in [-0.05, 0) is 23.3 Å². The lowest BCUT2D eigenvalue weighted by Gasteiger charge is -2.38. The molecule has 0 spiro atoms. The maximum Gasteiger partial charge on any atom is 0.337 e. The normalized spacial score (nSPS) is 19.8. The zero-order chi connectivity index (χ0) is 24.1. The number of aliphatic hydroxyl groups is 1. The second kappa shape index (κ2) is 10.1. The van der Waals surface area contributed by atoms with Gasteiger partial charge in [-0.3, -0.25) is 4.79 Å². The first kappa shape index (κ1) is 23.5. The quantitative estimate of drug-likeness (QED) is 0.308. The first-order valence-electron chi connectivity index (χ1n) is 10.8. The number of hydrogen-bond donors (Lipinski definition) is 1. The Labute approximate surface area is 206 Å². The Kier molecular flexibility index (Phi) is 6.95. The van der Waals surface area contributed by atoms with Crippen molar-refractivity contribution in [2.24, 2.45) is 5.41 Å². The Morgan fingerprint density at radius 3 is 2.24 bits per heavy atom. The molecular weight excluding hydrogens is 494 g/mol. The number of hydrogen-bond acceptors (Lipinski definition) is 5. The minimum absolute atomic E-state index is 0.0243. The van der Waals surface area contributed by atoms with E-state index in [-0.39, 0.29) is 36.6 Å². The highest BCUT2D eigenvalue weighted by molar-refractivity contribution is 9.10. The molecule has 0 heterocycles. The summed E-state index contributed by atoms with van der Waals surface area (Å²) in [6.45, 7) is 0.0266. The average Bonchev–Trinajstić information content (AvgIpc) is 2.88. The number of nitrogens with zero attached hydrogens (tertiary/aromatic N) is 1. The van der Waals surface area contributed by atoms with Crippen molar-refractivity contribution in [3.05, 3.63) is 117 Å². The van der Waals surface area contributed by atoms with Gasteiger partial charge in [0.2, 0.25) is 0 Å². The zero-order valence-corrected chi connectivity index (χ0v) is 19.9. The summed E-state index contributed by atoms with van der Waals surface area (Å²) in [5.74, 6) is -1.90. The maximum absolute atomic E-state index is 13.8. The van der Waals surface area contributed by atoms with Gasteiger partial charge in [0.25, 0.3) is 0 Å². The average molecular weight is 516 g/mol. The number of rotatable bonds is 6. The van der Waals surface area contributed by atoms with Crippen LogP contribution in [0, 0.1) is 16.7 Å². The van der Waals surface area contributed by atoms with Crippen LogP contribution in [0.25, 0.3) is 0 Å². The third-order valence-electron chi connectivity index (χ3n) is 6.17. The van der Waals surface area contributed by atoms with Crippen LogP contribution in [-0.4, -0.2) is 16.9 Å². The zero-order valence-electron chi connectivity index (χ0n) is 18.3. The molecule has 3 aromatic rings. The number of Topliss-reactive ketones (excluding diaryl/α,β-unsaturated/α-hetero) is 1. The van der Waals surface area contributed by atoms with Crippen molar-refractivity contribution in [2.75, 3.05) is 0 Å². The molecule has 1 aliphatic rings. The summed E-state index contributed by atoms with van der Waals surface area (Å²) in [4.78, 5) is 26.7. The Morgan fingerprint density at radius 1 is 1.00 bits per heavy atom. The second-order valence-corrected chi connectivity index (χ2v) is 9.17. The molecule has 0 fully saturated rings. The number of allylic oxidation sites excluding steroid dienone is 1. The minimum Gasteiger partial charge on any atom is -0.512 e. The van der Waals surface area contributed by atoms with Crippen molar-refractivity contribution in [3.63, 3.8) is 0 Å². The molecule has 0 saturated carbocycles. The SMILES string of the molecule is N#C[C@@]1(C(=O)c2ccccc2)CC(C(=O)OCc2ccccc2)=C(O)C[C@H]1c1ccc(Br)cc1. The molecule has 4 rings (SSSR count). The Hall–Kier alpha value is -3.69. The van der Waals surface area contributed by atoms with Crippen LogP contribution in [-0.2, 0) is 16.1 Å². The molecule has 170 valence electrons. The first-order valence-corrected chi connectivity index (χ1v) is 11.6. The summed E-state index contributed by atoms with van der Waals surface area (Å²) in [6.07, 6.45) is -0.263. The summed E-state index contributed by atoms with van der Waals surface area (Å²) in [7, 11) is 0. The summed E-state index contributed by atoms with van der Waals surface area (Å²) in [5.41, 5.74) is 0.297. The molecule has 6 heteroatoms. The smallest absolute Gasteiger partial charge is 0.337 e. The molecule has 1 aliphatic carbocycles. The van der Waals surface area contributed by atoms with Crippen molar-refractivity contribution in [3.8, 4) is 6.07 Å². The van der Waals surface area contributed by atoms with E-state index in [9.17, 15) is 20.0 Å². The van der Waals surface area contributed by atoms with Crippen LogP contribution in [0.3, 0.4) is 0 Å². The van der Waals surface area contributed by atoms with Gasteiger partial charge in [0.1, 0.15) is 17.8 Å². The van der Waals surface area contributed by atoms with Crippen LogP contribution in [0.2, 0.25) is 0 Å². The highest BCUT2D eigenvalue weighted by atomic mass is 79.9. The van der Waals surface area contributed by atoms with E-state index in [2.05, 4.69) is 22.0 Å². The third-order valence-corrected chi connectivity index (χ3v) is 6.70. The van der Waals surface area contributed by atoms with Crippen molar-refractivity contribution < 1.29 is 19.4 Å². The largest absolute Gasteiger partial charge is 0.512 e. The van der Waals surface area contributed by atoms with Gasteiger partial charge >= 0.3 is 5.97 Å². The van der Waals surface area contributed by atoms with Gasteiger partial charge < -0.3 is 9.84 Å². The number of halogens is 1. The standard InChI is InChI=1S/C28H22BrNO4/c29-22-13-11-20(12-14-22)24-15-25(31)23(27(33)34-17-19-7-3-1-4-8-19)16-28(24,18-30)26(32)21-9-5-2-6-10-21/h1-14,24,31H,15-17H2/t24-,28-/m0/s1. The van der Waals surface area contributed by atoms with Gasteiger partial charge in [-0.1, -0.05) is 88.7 Å². The number of aliphatic hydroxyl groups excluding tert-OH is 1. The van der Waals surface area contributed by atoms with Crippen LogP contribution in [0.5, 0.6) is 0 Å². The second-order valence-electron chi connectivity index (χ2n) is 8.25. The number of carbonyl (C=O) groups is 2. The fourth-order valence-electron chi connectivity index (χ4n) is 4.35. The van der Waals surface area contributed by atoms with Crippen molar-refractivity contribution in [1.29, 1.82) is 5.26 Å². The van der Waals surface area contributed by atoms with Crippen LogP contribution in [0.15, 0.2) is 101 Å². The molecule has 3 aromatic carbocycles. The number of carbonyl (C=O) groups excluding carboxylic acids is 2. The van der Waals surface area contributed by atoms with Crippen molar-refractivity contribution in [1.82, 2.24) is 0 Å². The van der Waals surface area contributed by atoms with Gasteiger partial charge in [0.15, 0.2) is 5.78 Å². The fourth-order valence-corrected chi connectivity index (χ4v) is 4.61. The molecule has 5 nitrogen and oxygen atoms in total. The molecule has 2 atom stereocenters. The van der Waals surface area contributed by atoms with Crippen LogP contribution in [0.4, 0.5) is 0 Å². The highest BCUT2D eigenvalue weighted by Gasteiger charge is 2.52. The fraction of sp³-hybridized carbons (Fsp3) is 0.179. The molecule has 0 aromatic heterocycles. The number of ketones is 1. The van der Waals surface area contributed by atoms with E-state index < -0.39 is 17.3 Å². The molecule has 1 N–H and O–H groups in total. The topological polar surface area (TPSA) is 87.4 Å². The van der Waals surface area contributed by atoms with Gasteiger partial charge in [-0.2, -0.15) is 5.26 Å². The van der Waals surface area contributed by atoms with Crippen LogP contribution in [0.1, 0.15) is 40.2 Å². The Morgan fingerprint density at radius 2 is 1.62 bits per heavy atom. The van der Waals surface area contributed by atoms with E-state index in [1.807, 2.05) is 54.6 Å². The molecule has 0 amide bonds. The predicted octanol–water partition coefficient (Wildman–Crippen LogP) is 6.27. The van der Waals surface area contributed by atoms with E-state index >= 15 is 0 Å². The lowest BCUT2D eigenvalue weighted by Crippen LogP contribution is -2.41. The van der Waals surface area contributed by atoms with E-state index in [1.54, 1.807) is 30.3 Å². The lowest BCUT2D eigenvalue weighted by molar-refractivity contribution is -0.141. The first-order chi connectivity index (χ1) is 16.4. The molecular formula is C28H22BrNO4. The van der Waals surface area contributed by atoms with Gasteiger partial charge in [0, 0.05) is 28.8 Å². The van der Waals surface area contributed by atoms with Crippen LogP contribution < -0.4 is 0 Å². The molecule has 0 unspecified atom stereocenters. The molecule has 34 heavy (non-hydrogen) atoms. The van der Waals surface area contributed by atoms with Crippen molar-refractivity contribution in [2.45, 2.75) is 25.4 Å². The minimum atomic E-state index is -1.58. The maximum atomic E-state index is 13.8. The lowest BCUT2D eigenvalue weighted by atomic mass is 9.61. The van der Waals surface area contributed by atoms with E-state index in [0.717, 1.165) is 15.6 Å². The van der Waals surface area contributed by atoms with E-state index in [0.29, 0.717) is 5.56 Å². The molecule has 0 bridgehead atoms. The number of ether oxygens (including phenoxy) is 1.